The summed E-state index contributed by atoms with van der Waals surface area (Å²) in [4.78, 5) is 14.6. The largest absolute Gasteiger partial charge is 0.369 e. The van der Waals surface area contributed by atoms with Crippen molar-refractivity contribution in [2.24, 2.45) is 4.99 Å². The molecule has 0 atom stereocenters. The first-order chi connectivity index (χ1) is 6.89. The summed E-state index contributed by atoms with van der Waals surface area (Å²) in [6.07, 6.45) is 5.22. The molecule has 15 heavy (non-hydrogen) atoms. The van der Waals surface area contributed by atoms with Crippen LogP contribution in [0.15, 0.2) is 17.4 Å². The molecule has 1 aromatic heterocycles. The van der Waals surface area contributed by atoms with E-state index in [1.807, 2.05) is 19.0 Å². The van der Waals surface area contributed by atoms with Crippen molar-refractivity contribution in [2.45, 2.75) is 26.2 Å². The molecule has 1 heterocycles. The second kappa shape index (κ2) is 4.38. The van der Waals surface area contributed by atoms with Gasteiger partial charge in [0.05, 0.1) is 18.7 Å². The Morgan fingerprint density at radius 1 is 1.20 bits per heavy atom. The number of hydrogen-bond acceptors (Lipinski definition) is 3. The van der Waals surface area contributed by atoms with Gasteiger partial charge in [-0.15, -0.1) is 0 Å². The molecule has 82 valence electrons. The average molecular weight is 206 g/mol. The van der Waals surface area contributed by atoms with Gasteiger partial charge in [0.1, 0.15) is 11.5 Å². The zero-order valence-corrected chi connectivity index (χ0v) is 10.0. The fourth-order valence-corrected chi connectivity index (χ4v) is 0.957. The van der Waals surface area contributed by atoms with Crippen molar-refractivity contribution < 1.29 is 0 Å². The monoisotopic (exact) mass is 206 g/mol. The van der Waals surface area contributed by atoms with E-state index in [2.05, 4.69) is 35.7 Å². The van der Waals surface area contributed by atoms with E-state index in [9.17, 15) is 0 Å². The number of aliphatic imine (C=N–C) groups is 1. The lowest BCUT2D eigenvalue weighted by atomic mass is 9.96. The van der Waals surface area contributed by atoms with Crippen LogP contribution >= 0.6 is 0 Å². The summed E-state index contributed by atoms with van der Waals surface area (Å²) in [5.74, 6) is 0.839. The molecule has 0 aliphatic heterocycles. The molecule has 0 N–H and O–H groups in total. The standard InChI is InChI=1S/C11H18N4/c1-11(2,3)10-12-6-9(7-13-10)14-8-15(4)5/h6-8H,1-5H3. The minimum absolute atomic E-state index is 0.0101. The summed E-state index contributed by atoms with van der Waals surface area (Å²) < 4.78 is 0. The Morgan fingerprint density at radius 2 is 1.73 bits per heavy atom. The van der Waals surface area contributed by atoms with E-state index in [0.717, 1.165) is 11.5 Å². The van der Waals surface area contributed by atoms with E-state index in [4.69, 9.17) is 0 Å². The first kappa shape index (κ1) is 11.6. The topological polar surface area (TPSA) is 41.4 Å². The minimum atomic E-state index is -0.0101. The maximum Gasteiger partial charge on any atom is 0.133 e. The van der Waals surface area contributed by atoms with Crippen LogP contribution in [0.5, 0.6) is 0 Å². The number of nitrogens with zero attached hydrogens (tertiary/aromatic N) is 4. The van der Waals surface area contributed by atoms with Crippen LogP contribution in [0.2, 0.25) is 0 Å². The lowest BCUT2D eigenvalue weighted by molar-refractivity contribution is 0.545. The lowest BCUT2D eigenvalue weighted by Gasteiger charge is -2.15. The number of hydrogen-bond donors (Lipinski definition) is 0. The molecule has 0 amide bonds. The smallest absolute Gasteiger partial charge is 0.133 e. The third-order valence-corrected chi connectivity index (χ3v) is 1.75. The van der Waals surface area contributed by atoms with Gasteiger partial charge >= 0.3 is 0 Å². The summed E-state index contributed by atoms with van der Waals surface area (Å²) in [7, 11) is 3.85. The molecule has 0 aromatic carbocycles. The maximum absolute atomic E-state index is 4.28. The summed E-state index contributed by atoms with van der Waals surface area (Å²) >= 11 is 0. The Morgan fingerprint density at radius 3 is 2.13 bits per heavy atom. The third-order valence-electron chi connectivity index (χ3n) is 1.75. The molecule has 0 saturated heterocycles. The summed E-state index contributed by atoms with van der Waals surface area (Å²) in [6, 6.07) is 0. The van der Waals surface area contributed by atoms with E-state index in [0.29, 0.717) is 0 Å². The third kappa shape index (κ3) is 3.65. The molecular formula is C11H18N4. The normalized spacial score (nSPS) is 12.1. The summed E-state index contributed by atoms with van der Waals surface area (Å²) in [6.45, 7) is 6.27. The molecule has 0 fully saturated rings. The van der Waals surface area contributed by atoms with Crippen LogP contribution in [0.1, 0.15) is 26.6 Å². The molecule has 4 heteroatoms. The summed E-state index contributed by atoms with van der Waals surface area (Å²) in [5, 5.41) is 0. The van der Waals surface area contributed by atoms with Gasteiger partial charge in [-0.3, -0.25) is 0 Å². The van der Waals surface area contributed by atoms with E-state index >= 15 is 0 Å². The van der Waals surface area contributed by atoms with Crippen molar-refractivity contribution in [1.82, 2.24) is 14.9 Å². The molecule has 0 spiro atoms. The fourth-order valence-electron chi connectivity index (χ4n) is 0.957. The average Bonchev–Trinajstić information content (AvgIpc) is 2.14. The van der Waals surface area contributed by atoms with Crippen molar-refractivity contribution >= 4 is 12.0 Å². The highest BCUT2D eigenvalue weighted by atomic mass is 15.1. The van der Waals surface area contributed by atoms with Gasteiger partial charge in [0.15, 0.2) is 0 Å². The van der Waals surface area contributed by atoms with Crippen LogP contribution in [0.25, 0.3) is 0 Å². The van der Waals surface area contributed by atoms with Crippen molar-refractivity contribution in [3.63, 3.8) is 0 Å². The molecule has 0 aliphatic carbocycles. The summed E-state index contributed by atoms with van der Waals surface area (Å²) in [5.41, 5.74) is 0.765. The predicted molar refractivity (Wildman–Crippen MR) is 62.6 cm³/mol. The maximum atomic E-state index is 4.28. The zero-order valence-electron chi connectivity index (χ0n) is 10.0. The molecule has 0 unspecified atom stereocenters. The van der Waals surface area contributed by atoms with Gasteiger partial charge in [-0.25, -0.2) is 15.0 Å². The van der Waals surface area contributed by atoms with Crippen molar-refractivity contribution in [3.05, 3.63) is 18.2 Å². The zero-order chi connectivity index (χ0) is 11.5. The highest BCUT2D eigenvalue weighted by molar-refractivity contribution is 5.59. The molecule has 0 aliphatic rings. The number of rotatable bonds is 2. The van der Waals surface area contributed by atoms with Crippen LogP contribution < -0.4 is 0 Å². The lowest BCUT2D eigenvalue weighted by Crippen LogP contribution is -2.15. The van der Waals surface area contributed by atoms with E-state index in [-0.39, 0.29) is 5.41 Å². The van der Waals surface area contributed by atoms with E-state index < -0.39 is 0 Å². The Kier molecular flexibility index (Phi) is 3.39. The van der Waals surface area contributed by atoms with Gasteiger partial charge in [-0.1, -0.05) is 20.8 Å². The van der Waals surface area contributed by atoms with Crippen LogP contribution in [0.4, 0.5) is 5.69 Å². The molecular weight excluding hydrogens is 188 g/mol. The molecule has 1 aromatic rings. The predicted octanol–water partition coefficient (Wildman–Crippen LogP) is 2.00. The van der Waals surface area contributed by atoms with Gasteiger partial charge in [0, 0.05) is 19.5 Å². The van der Waals surface area contributed by atoms with Crippen LogP contribution in [-0.4, -0.2) is 35.3 Å². The van der Waals surface area contributed by atoms with Crippen molar-refractivity contribution in [3.8, 4) is 0 Å². The van der Waals surface area contributed by atoms with Gasteiger partial charge in [0.2, 0.25) is 0 Å². The Bertz CT molecular complexity index is 333. The van der Waals surface area contributed by atoms with E-state index in [1.54, 1.807) is 18.7 Å². The fraction of sp³-hybridized carbons (Fsp3) is 0.545. The quantitative estimate of drug-likeness (QED) is 0.549. The van der Waals surface area contributed by atoms with Gasteiger partial charge in [0.25, 0.3) is 0 Å². The van der Waals surface area contributed by atoms with E-state index in [1.165, 1.54) is 0 Å². The Labute approximate surface area is 91.1 Å². The molecule has 0 radical (unpaired) electrons. The van der Waals surface area contributed by atoms with Gasteiger partial charge < -0.3 is 4.90 Å². The van der Waals surface area contributed by atoms with Crippen LogP contribution in [0.3, 0.4) is 0 Å². The van der Waals surface area contributed by atoms with Gasteiger partial charge in [-0.05, 0) is 0 Å². The molecule has 4 nitrogen and oxygen atoms in total. The highest BCUT2D eigenvalue weighted by Gasteiger charge is 2.16. The molecule has 1 rings (SSSR count). The first-order valence-corrected chi connectivity index (χ1v) is 4.93. The second-order valence-electron chi connectivity index (χ2n) is 4.72. The van der Waals surface area contributed by atoms with Crippen molar-refractivity contribution in [1.29, 1.82) is 0 Å². The van der Waals surface area contributed by atoms with Gasteiger partial charge in [-0.2, -0.15) is 0 Å². The Balaban J connectivity index is 2.82. The van der Waals surface area contributed by atoms with Crippen molar-refractivity contribution in [2.75, 3.05) is 14.1 Å². The van der Waals surface area contributed by atoms with Crippen LogP contribution in [0, 0.1) is 0 Å². The SMILES string of the molecule is CN(C)C=Nc1cnc(C(C)(C)C)nc1. The minimum Gasteiger partial charge on any atom is -0.369 e. The molecule has 0 saturated carbocycles. The molecule has 0 bridgehead atoms. The second-order valence-corrected chi connectivity index (χ2v) is 4.72. The van der Waals surface area contributed by atoms with Crippen LogP contribution in [-0.2, 0) is 5.41 Å². The first-order valence-electron chi connectivity index (χ1n) is 4.93. The Hall–Kier alpha value is -1.45. The number of aromatic nitrogens is 2. The highest BCUT2D eigenvalue weighted by Crippen LogP contribution is 2.18.